The van der Waals surface area contributed by atoms with Gasteiger partial charge in [0.25, 0.3) is 0 Å². The third-order valence-electron chi connectivity index (χ3n) is 1.55. The Bertz CT molecular complexity index is 278. The van der Waals surface area contributed by atoms with Crippen LogP contribution in [0.2, 0.25) is 0 Å². The molecule has 0 atom stereocenters. The van der Waals surface area contributed by atoms with Crippen LogP contribution in [0.1, 0.15) is 11.1 Å². The van der Waals surface area contributed by atoms with Gasteiger partial charge in [-0.05, 0) is 30.2 Å². The molecule has 0 aliphatic rings. The highest BCUT2D eigenvalue weighted by atomic mass is 79.9. The average Bonchev–Trinajstić information content (AvgIpc) is 1.97. The van der Waals surface area contributed by atoms with Crippen LogP contribution < -0.4 is 5.73 Å². The molecule has 1 aromatic carbocycles. The molecule has 0 amide bonds. The molecule has 0 saturated carbocycles. The van der Waals surface area contributed by atoms with E-state index < -0.39 is 0 Å². The minimum atomic E-state index is -0.200. The Morgan fingerprint density at radius 3 is 2.58 bits per heavy atom. The second kappa shape index (κ2) is 4.80. The smallest absolute Gasteiger partial charge is 0.126 e. The van der Waals surface area contributed by atoms with Crippen molar-refractivity contribution < 1.29 is 4.39 Å². The molecule has 0 aliphatic heterocycles. The van der Waals surface area contributed by atoms with E-state index in [4.69, 9.17) is 5.73 Å². The molecule has 2 N–H and O–H groups in total. The Kier molecular flexibility index (Phi) is 4.75. The molecular formula is C8H10BrClFN. The van der Waals surface area contributed by atoms with E-state index in [9.17, 15) is 4.39 Å². The predicted molar refractivity (Wildman–Crippen MR) is 54.0 cm³/mol. The van der Waals surface area contributed by atoms with Crippen LogP contribution in [-0.4, -0.2) is 0 Å². The summed E-state index contributed by atoms with van der Waals surface area (Å²) in [5.41, 5.74) is 6.81. The molecule has 0 aliphatic carbocycles. The van der Waals surface area contributed by atoms with Crippen LogP contribution in [-0.2, 0) is 6.54 Å². The number of rotatable bonds is 1. The quantitative estimate of drug-likeness (QED) is 0.819. The second-order valence-electron chi connectivity index (χ2n) is 2.40. The summed E-state index contributed by atoms with van der Waals surface area (Å²) in [7, 11) is 0. The molecule has 0 saturated heterocycles. The Labute approximate surface area is 85.7 Å². The van der Waals surface area contributed by atoms with E-state index in [2.05, 4.69) is 15.9 Å². The molecule has 0 bridgehead atoms. The maximum atomic E-state index is 12.9. The van der Waals surface area contributed by atoms with Crippen molar-refractivity contribution in [3.8, 4) is 0 Å². The van der Waals surface area contributed by atoms with Crippen LogP contribution in [0, 0.1) is 12.7 Å². The fraction of sp³-hybridized carbons (Fsp3) is 0.250. The van der Waals surface area contributed by atoms with Crippen molar-refractivity contribution in [3.63, 3.8) is 0 Å². The molecule has 68 valence electrons. The highest BCUT2D eigenvalue weighted by molar-refractivity contribution is 9.10. The zero-order valence-corrected chi connectivity index (χ0v) is 9.01. The molecule has 0 spiro atoms. The zero-order chi connectivity index (χ0) is 8.43. The lowest BCUT2D eigenvalue weighted by molar-refractivity contribution is 0.615. The van der Waals surface area contributed by atoms with Crippen LogP contribution in [0.5, 0.6) is 0 Å². The minimum absolute atomic E-state index is 0. The lowest BCUT2D eigenvalue weighted by atomic mass is 10.1. The fourth-order valence-corrected chi connectivity index (χ4v) is 1.46. The molecule has 12 heavy (non-hydrogen) atoms. The molecule has 1 rings (SSSR count). The lowest BCUT2D eigenvalue weighted by Gasteiger charge is -2.02. The SMILES string of the molecule is Cc1cc(Br)c(CN)cc1F.Cl. The molecule has 0 fully saturated rings. The monoisotopic (exact) mass is 253 g/mol. The summed E-state index contributed by atoms with van der Waals surface area (Å²) in [4.78, 5) is 0. The lowest BCUT2D eigenvalue weighted by Crippen LogP contribution is -1.98. The molecular weight excluding hydrogens is 244 g/mol. The maximum absolute atomic E-state index is 12.9. The van der Waals surface area contributed by atoms with E-state index >= 15 is 0 Å². The Hall–Kier alpha value is -0.120. The van der Waals surface area contributed by atoms with Gasteiger partial charge in [0.05, 0.1) is 0 Å². The molecule has 1 aromatic rings. The number of hydrogen-bond donors (Lipinski definition) is 1. The van der Waals surface area contributed by atoms with E-state index in [1.807, 2.05) is 0 Å². The number of halogens is 3. The van der Waals surface area contributed by atoms with E-state index in [1.165, 1.54) is 6.07 Å². The standard InChI is InChI=1S/C8H9BrFN.ClH/c1-5-2-7(9)6(4-11)3-8(5)10;/h2-3H,4,11H2,1H3;1H. The summed E-state index contributed by atoms with van der Waals surface area (Å²) >= 11 is 3.29. The van der Waals surface area contributed by atoms with E-state index in [0.29, 0.717) is 12.1 Å². The van der Waals surface area contributed by atoms with Crippen molar-refractivity contribution in [2.24, 2.45) is 5.73 Å². The highest BCUT2D eigenvalue weighted by Gasteiger charge is 2.02. The summed E-state index contributed by atoms with van der Waals surface area (Å²) in [5, 5.41) is 0. The third-order valence-corrected chi connectivity index (χ3v) is 2.29. The summed E-state index contributed by atoms with van der Waals surface area (Å²) in [6.07, 6.45) is 0. The summed E-state index contributed by atoms with van der Waals surface area (Å²) in [5.74, 6) is -0.200. The van der Waals surface area contributed by atoms with Crippen LogP contribution in [0.4, 0.5) is 4.39 Å². The van der Waals surface area contributed by atoms with Crippen LogP contribution in [0.15, 0.2) is 16.6 Å². The van der Waals surface area contributed by atoms with Crippen molar-refractivity contribution in [1.82, 2.24) is 0 Å². The van der Waals surface area contributed by atoms with Crippen LogP contribution in [0.3, 0.4) is 0 Å². The van der Waals surface area contributed by atoms with E-state index in [0.717, 1.165) is 10.0 Å². The molecule has 0 aromatic heterocycles. The highest BCUT2D eigenvalue weighted by Crippen LogP contribution is 2.20. The summed E-state index contributed by atoms with van der Waals surface area (Å²) < 4.78 is 13.7. The molecule has 0 radical (unpaired) electrons. The average molecular weight is 255 g/mol. The van der Waals surface area contributed by atoms with E-state index in [1.54, 1.807) is 13.0 Å². The van der Waals surface area contributed by atoms with Gasteiger partial charge >= 0.3 is 0 Å². The number of benzene rings is 1. The van der Waals surface area contributed by atoms with E-state index in [-0.39, 0.29) is 18.2 Å². The number of aryl methyl sites for hydroxylation is 1. The molecule has 1 nitrogen and oxygen atoms in total. The van der Waals surface area contributed by atoms with Gasteiger partial charge in [-0.2, -0.15) is 0 Å². The Morgan fingerprint density at radius 2 is 2.08 bits per heavy atom. The molecule has 0 unspecified atom stereocenters. The number of nitrogens with two attached hydrogens (primary N) is 1. The molecule has 0 heterocycles. The van der Waals surface area contributed by atoms with Crippen molar-refractivity contribution in [2.45, 2.75) is 13.5 Å². The van der Waals surface area contributed by atoms with Gasteiger partial charge in [-0.3, -0.25) is 0 Å². The summed E-state index contributed by atoms with van der Waals surface area (Å²) in [6.45, 7) is 2.08. The van der Waals surface area contributed by atoms with Gasteiger partial charge in [-0.1, -0.05) is 15.9 Å². The summed E-state index contributed by atoms with van der Waals surface area (Å²) in [6, 6.07) is 3.19. The van der Waals surface area contributed by atoms with Gasteiger partial charge in [0.1, 0.15) is 5.82 Å². The molecule has 4 heteroatoms. The van der Waals surface area contributed by atoms with Gasteiger partial charge in [-0.25, -0.2) is 4.39 Å². The maximum Gasteiger partial charge on any atom is 0.126 e. The first-order chi connectivity index (χ1) is 5.15. The predicted octanol–water partition coefficient (Wildman–Crippen LogP) is 2.78. The zero-order valence-electron chi connectivity index (χ0n) is 6.60. The topological polar surface area (TPSA) is 26.0 Å². The van der Waals surface area contributed by atoms with Gasteiger partial charge < -0.3 is 5.73 Å². The van der Waals surface area contributed by atoms with Crippen molar-refractivity contribution >= 4 is 28.3 Å². The van der Waals surface area contributed by atoms with Gasteiger partial charge in [0.2, 0.25) is 0 Å². The fourth-order valence-electron chi connectivity index (χ4n) is 0.844. The van der Waals surface area contributed by atoms with Crippen LogP contribution in [0.25, 0.3) is 0 Å². The first-order valence-corrected chi connectivity index (χ1v) is 4.09. The third kappa shape index (κ3) is 2.44. The number of hydrogen-bond acceptors (Lipinski definition) is 1. The van der Waals surface area contributed by atoms with Gasteiger partial charge in [0, 0.05) is 11.0 Å². The van der Waals surface area contributed by atoms with Gasteiger partial charge in [0.15, 0.2) is 0 Å². The second-order valence-corrected chi connectivity index (χ2v) is 3.25. The van der Waals surface area contributed by atoms with Crippen molar-refractivity contribution in [3.05, 3.63) is 33.5 Å². The largest absolute Gasteiger partial charge is 0.326 e. The first-order valence-electron chi connectivity index (χ1n) is 3.29. The first kappa shape index (κ1) is 11.9. The normalized spacial score (nSPS) is 9.33. The Morgan fingerprint density at radius 1 is 1.50 bits per heavy atom. The van der Waals surface area contributed by atoms with Gasteiger partial charge in [-0.15, -0.1) is 12.4 Å². The Balaban J connectivity index is 0.00000121. The minimum Gasteiger partial charge on any atom is -0.326 e. The van der Waals surface area contributed by atoms with Crippen LogP contribution >= 0.6 is 28.3 Å². The van der Waals surface area contributed by atoms with Crippen molar-refractivity contribution in [2.75, 3.05) is 0 Å². The van der Waals surface area contributed by atoms with Crippen molar-refractivity contribution in [1.29, 1.82) is 0 Å².